The number of hydrogen-bond donors (Lipinski definition) is 2. The molecule has 86 valence electrons. The minimum absolute atomic E-state index is 0.558. The molecule has 0 spiro atoms. The lowest BCUT2D eigenvalue weighted by Gasteiger charge is -2.10. The highest BCUT2D eigenvalue weighted by molar-refractivity contribution is 6.59. The van der Waals surface area contributed by atoms with Crippen molar-refractivity contribution in [1.29, 1.82) is 0 Å². The third-order valence-electron chi connectivity index (χ3n) is 3.00. The largest absolute Gasteiger partial charge is 0.488 e. The summed E-state index contributed by atoms with van der Waals surface area (Å²) in [4.78, 5) is 0. The number of rotatable bonds is 2. The van der Waals surface area contributed by atoms with Gasteiger partial charge in [-0.2, -0.15) is 0 Å². The summed E-state index contributed by atoms with van der Waals surface area (Å²) in [5.74, 6) is 0. The molecule has 2 rings (SSSR count). The Morgan fingerprint density at radius 2 is 1.59 bits per heavy atom. The van der Waals surface area contributed by atoms with E-state index in [1.807, 2.05) is 31.2 Å². The van der Waals surface area contributed by atoms with Crippen molar-refractivity contribution in [1.82, 2.24) is 0 Å². The lowest BCUT2D eigenvalue weighted by Crippen LogP contribution is -2.31. The van der Waals surface area contributed by atoms with Crippen LogP contribution in [-0.2, 0) is 0 Å². The van der Waals surface area contributed by atoms with Gasteiger partial charge in [0.2, 0.25) is 0 Å². The van der Waals surface area contributed by atoms with Crippen molar-refractivity contribution >= 4 is 12.6 Å². The van der Waals surface area contributed by atoms with Crippen LogP contribution in [0.25, 0.3) is 11.1 Å². The summed E-state index contributed by atoms with van der Waals surface area (Å²) < 4.78 is 0. The predicted octanol–water partition coefficient (Wildman–Crippen LogP) is 1.65. The van der Waals surface area contributed by atoms with Gasteiger partial charge in [-0.05, 0) is 36.0 Å². The van der Waals surface area contributed by atoms with E-state index in [2.05, 4.69) is 19.1 Å². The van der Waals surface area contributed by atoms with Crippen LogP contribution in [0.2, 0.25) is 0 Å². The molecule has 0 aliphatic heterocycles. The Kier molecular flexibility index (Phi) is 3.32. The third kappa shape index (κ3) is 2.41. The highest BCUT2D eigenvalue weighted by Crippen LogP contribution is 2.23. The van der Waals surface area contributed by atoms with Gasteiger partial charge >= 0.3 is 7.12 Å². The molecule has 2 N–H and O–H groups in total. The lowest BCUT2D eigenvalue weighted by molar-refractivity contribution is 0.425. The minimum Gasteiger partial charge on any atom is -0.423 e. The normalized spacial score (nSPS) is 10.4. The van der Waals surface area contributed by atoms with Gasteiger partial charge in [0, 0.05) is 0 Å². The van der Waals surface area contributed by atoms with Crippen molar-refractivity contribution in [2.75, 3.05) is 0 Å². The van der Waals surface area contributed by atoms with Crippen LogP contribution in [0.3, 0.4) is 0 Å². The number of benzene rings is 2. The van der Waals surface area contributed by atoms with Crippen molar-refractivity contribution in [2.24, 2.45) is 0 Å². The maximum atomic E-state index is 9.18. The van der Waals surface area contributed by atoms with Crippen molar-refractivity contribution in [3.8, 4) is 11.1 Å². The predicted molar refractivity (Wildman–Crippen MR) is 71.2 cm³/mol. The zero-order valence-corrected chi connectivity index (χ0v) is 10.0. The van der Waals surface area contributed by atoms with E-state index in [1.54, 1.807) is 6.07 Å². The summed E-state index contributed by atoms with van der Waals surface area (Å²) in [6, 6.07) is 13.8. The summed E-state index contributed by atoms with van der Waals surface area (Å²) in [5, 5.41) is 18.4. The van der Waals surface area contributed by atoms with Crippen LogP contribution in [0, 0.1) is 13.8 Å². The second kappa shape index (κ2) is 4.74. The van der Waals surface area contributed by atoms with E-state index in [1.165, 1.54) is 11.1 Å². The van der Waals surface area contributed by atoms with Crippen LogP contribution < -0.4 is 5.46 Å². The molecule has 0 bridgehead atoms. The SMILES string of the molecule is Cc1cc(-c2ccccc2C)ccc1B(O)O. The second-order valence-corrected chi connectivity index (χ2v) is 4.26. The first-order valence-corrected chi connectivity index (χ1v) is 5.62. The standard InChI is InChI=1S/C14H15BO2/c1-10-5-3-4-6-13(10)12-7-8-14(15(16)17)11(2)9-12/h3-9,16-17H,1-2H3. The van der Waals surface area contributed by atoms with Crippen LogP contribution in [-0.4, -0.2) is 17.2 Å². The van der Waals surface area contributed by atoms with Gasteiger partial charge in [-0.15, -0.1) is 0 Å². The minimum atomic E-state index is -1.40. The van der Waals surface area contributed by atoms with E-state index in [4.69, 9.17) is 0 Å². The summed E-state index contributed by atoms with van der Waals surface area (Å²) in [6.07, 6.45) is 0. The van der Waals surface area contributed by atoms with Gasteiger partial charge in [0.1, 0.15) is 0 Å². The quantitative estimate of drug-likeness (QED) is 0.764. The summed E-state index contributed by atoms with van der Waals surface area (Å²) in [6.45, 7) is 3.95. The third-order valence-corrected chi connectivity index (χ3v) is 3.00. The van der Waals surface area contributed by atoms with Gasteiger partial charge in [0.15, 0.2) is 0 Å². The monoisotopic (exact) mass is 226 g/mol. The Morgan fingerprint density at radius 3 is 2.18 bits per heavy atom. The van der Waals surface area contributed by atoms with Crippen molar-refractivity contribution in [3.63, 3.8) is 0 Å². The molecule has 0 fully saturated rings. The fraction of sp³-hybridized carbons (Fsp3) is 0.143. The van der Waals surface area contributed by atoms with Crippen molar-refractivity contribution in [3.05, 3.63) is 53.6 Å². The lowest BCUT2D eigenvalue weighted by atomic mass is 9.76. The fourth-order valence-corrected chi connectivity index (χ4v) is 2.03. The summed E-state index contributed by atoms with van der Waals surface area (Å²) in [5.41, 5.74) is 4.94. The Balaban J connectivity index is 2.49. The van der Waals surface area contributed by atoms with Crippen LogP contribution in [0.4, 0.5) is 0 Å². The number of aryl methyl sites for hydroxylation is 2. The van der Waals surface area contributed by atoms with E-state index >= 15 is 0 Å². The average molecular weight is 226 g/mol. The fourth-order valence-electron chi connectivity index (χ4n) is 2.03. The van der Waals surface area contributed by atoms with E-state index in [9.17, 15) is 10.0 Å². The Labute approximate surface area is 102 Å². The van der Waals surface area contributed by atoms with Gasteiger partial charge in [-0.1, -0.05) is 48.0 Å². The molecule has 0 unspecified atom stereocenters. The van der Waals surface area contributed by atoms with Crippen molar-refractivity contribution < 1.29 is 10.0 Å². The van der Waals surface area contributed by atoms with Gasteiger partial charge in [-0.3, -0.25) is 0 Å². The molecule has 3 heteroatoms. The first kappa shape index (κ1) is 11.9. The molecule has 2 aromatic carbocycles. The van der Waals surface area contributed by atoms with Gasteiger partial charge in [-0.25, -0.2) is 0 Å². The molecule has 0 atom stereocenters. The first-order valence-electron chi connectivity index (χ1n) is 5.62. The van der Waals surface area contributed by atoms with E-state index in [0.717, 1.165) is 11.1 Å². The number of hydrogen-bond acceptors (Lipinski definition) is 2. The maximum absolute atomic E-state index is 9.18. The Bertz CT molecular complexity index is 535. The van der Waals surface area contributed by atoms with E-state index in [0.29, 0.717) is 5.46 Å². The summed E-state index contributed by atoms with van der Waals surface area (Å²) in [7, 11) is -1.40. The molecule has 0 saturated carbocycles. The van der Waals surface area contributed by atoms with E-state index in [-0.39, 0.29) is 0 Å². The highest BCUT2D eigenvalue weighted by atomic mass is 16.4. The molecule has 0 aliphatic rings. The molecule has 0 aromatic heterocycles. The highest BCUT2D eigenvalue weighted by Gasteiger charge is 2.14. The Hall–Kier alpha value is -1.58. The van der Waals surface area contributed by atoms with Crippen LogP contribution in [0.15, 0.2) is 42.5 Å². The maximum Gasteiger partial charge on any atom is 0.488 e. The van der Waals surface area contributed by atoms with Gasteiger partial charge in [0.05, 0.1) is 0 Å². The molecular weight excluding hydrogens is 211 g/mol. The summed E-state index contributed by atoms with van der Waals surface area (Å²) >= 11 is 0. The molecule has 0 aliphatic carbocycles. The van der Waals surface area contributed by atoms with E-state index < -0.39 is 7.12 Å². The molecule has 0 amide bonds. The topological polar surface area (TPSA) is 40.5 Å². The Morgan fingerprint density at radius 1 is 0.882 bits per heavy atom. The molecular formula is C14H15BO2. The van der Waals surface area contributed by atoms with Crippen LogP contribution >= 0.6 is 0 Å². The smallest absolute Gasteiger partial charge is 0.423 e. The molecule has 17 heavy (non-hydrogen) atoms. The van der Waals surface area contributed by atoms with Crippen LogP contribution in [0.1, 0.15) is 11.1 Å². The van der Waals surface area contributed by atoms with Crippen LogP contribution in [0.5, 0.6) is 0 Å². The zero-order valence-electron chi connectivity index (χ0n) is 10.0. The first-order chi connectivity index (χ1) is 8.09. The molecule has 0 radical (unpaired) electrons. The van der Waals surface area contributed by atoms with Crippen molar-refractivity contribution in [2.45, 2.75) is 13.8 Å². The average Bonchev–Trinajstić information content (AvgIpc) is 2.29. The molecule has 0 saturated heterocycles. The zero-order chi connectivity index (χ0) is 12.4. The molecule has 2 aromatic rings. The molecule has 2 nitrogen and oxygen atoms in total. The van der Waals surface area contributed by atoms with Gasteiger partial charge < -0.3 is 10.0 Å². The van der Waals surface area contributed by atoms with Gasteiger partial charge in [0.25, 0.3) is 0 Å². The molecule has 0 heterocycles. The second-order valence-electron chi connectivity index (χ2n) is 4.26.